The Morgan fingerprint density at radius 3 is 1.92 bits per heavy atom. The van der Waals surface area contributed by atoms with Gasteiger partial charge in [0.2, 0.25) is 0 Å². The molecule has 0 saturated heterocycles. The topological polar surface area (TPSA) is 36.0 Å². The van der Waals surface area contributed by atoms with Crippen LogP contribution in [0, 0.1) is 6.92 Å². The van der Waals surface area contributed by atoms with E-state index in [-0.39, 0.29) is 10.8 Å². The molecular weight excluding hydrogens is 306 g/mol. The summed E-state index contributed by atoms with van der Waals surface area (Å²) in [7, 11) is 0. The van der Waals surface area contributed by atoms with E-state index in [2.05, 4.69) is 90.0 Å². The number of aryl methyl sites for hydroxylation is 1. The Bertz CT molecular complexity index is 898. The highest BCUT2D eigenvalue weighted by Gasteiger charge is 2.27. The number of hydrogen-bond donors (Lipinski definition) is 2. The summed E-state index contributed by atoms with van der Waals surface area (Å²) >= 11 is 0. The molecule has 2 nitrogen and oxygen atoms in total. The second-order valence-electron chi connectivity index (χ2n) is 9.17. The van der Waals surface area contributed by atoms with Crippen LogP contribution < -0.4 is 0 Å². The summed E-state index contributed by atoms with van der Waals surface area (Å²) in [6, 6.07) is 10.8. The lowest BCUT2D eigenvalue weighted by Crippen LogP contribution is -2.17. The minimum absolute atomic E-state index is 0.122. The molecule has 0 saturated carbocycles. The van der Waals surface area contributed by atoms with Crippen molar-refractivity contribution in [2.75, 3.05) is 0 Å². The van der Waals surface area contributed by atoms with E-state index in [1.165, 1.54) is 16.5 Å². The maximum absolute atomic E-state index is 10.9. The van der Waals surface area contributed by atoms with Crippen LogP contribution in [-0.4, -0.2) is 10.1 Å². The number of nitrogens with one attached hydrogen (secondary N) is 1. The van der Waals surface area contributed by atoms with Gasteiger partial charge in [0, 0.05) is 33.8 Å². The molecule has 2 aromatic carbocycles. The number of aromatic hydroxyl groups is 1. The van der Waals surface area contributed by atoms with Crippen LogP contribution in [0.2, 0.25) is 0 Å². The number of rotatable bonds is 1. The highest BCUT2D eigenvalue weighted by molar-refractivity contribution is 5.96. The molecule has 0 radical (unpaired) electrons. The molecule has 0 unspecified atom stereocenters. The molecule has 0 amide bonds. The minimum atomic E-state index is -0.122. The van der Waals surface area contributed by atoms with Crippen molar-refractivity contribution in [3.63, 3.8) is 0 Å². The SMILES string of the molecule is Cc1ccc2c(-c3cc(C(C)(C)C)c(O)c(C(C)(C)C)c3)c[nH]c2c1. The van der Waals surface area contributed by atoms with Crippen molar-refractivity contribution in [1.82, 2.24) is 4.98 Å². The molecule has 0 aliphatic rings. The van der Waals surface area contributed by atoms with Gasteiger partial charge < -0.3 is 10.1 Å². The Kier molecular flexibility index (Phi) is 3.98. The average Bonchev–Trinajstić information content (AvgIpc) is 2.88. The highest BCUT2D eigenvalue weighted by atomic mass is 16.3. The van der Waals surface area contributed by atoms with Crippen molar-refractivity contribution >= 4 is 10.9 Å². The lowest BCUT2D eigenvalue weighted by molar-refractivity contribution is 0.423. The molecule has 3 aromatic rings. The molecule has 132 valence electrons. The zero-order valence-electron chi connectivity index (χ0n) is 16.4. The zero-order valence-corrected chi connectivity index (χ0v) is 16.4. The fourth-order valence-electron chi connectivity index (χ4n) is 3.41. The third kappa shape index (κ3) is 3.18. The van der Waals surface area contributed by atoms with Crippen LogP contribution in [0.1, 0.15) is 58.2 Å². The van der Waals surface area contributed by atoms with E-state index in [4.69, 9.17) is 0 Å². The molecule has 0 aliphatic carbocycles. The number of benzene rings is 2. The normalized spacial score (nSPS) is 12.8. The molecule has 2 heteroatoms. The van der Waals surface area contributed by atoms with Crippen LogP contribution in [-0.2, 0) is 10.8 Å². The molecule has 3 rings (SSSR count). The number of aromatic nitrogens is 1. The van der Waals surface area contributed by atoms with Gasteiger partial charge in [0.05, 0.1) is 0 Å². The highest BCUT2D eigenvalue weighted by Crippen LogP contribution is 2.43. The van der Waals surface area contributed by atoms with Gasteiger partial charge in [-0.15, -0.1) is 0 Å². The molecule has 1 heterocycles. The summed E-state index contributed by atoms with van der Waals surface area (Å²) in [5.74, 6) is 0.430. The third-order valence-electron chi connectivity index (χ3n) is 4.87. The van der Waals surface area contributed by atoms with E-state index in [0.717, 1.165) is 22.2 Å². The Balaban J connectivity index is 2.32. The van der Waals surface area contributed by atoms with Gasteiger partial charge in [0.15, 0.2) is 0 Å². The first-order valence-corrected chi connectivity index (χ1v) is 8.94. The maximum atomic E-state index is 10.9. The van der Waals surface area contributed by atoms with Crippen LogP contribution in [0.5, 0.6) is 5.75 Å². The van der Waals surface area contributed by atoms with Crippen molar-refractivity contribution < 1.29 is 5.11 Å². The molecule has 0 aliphatic heterocycles. The first-order valence-electron chi connectivity index (χ1n) is 8.94. The van der Waals surface area contributed by atoms with Crippen molar-refractivity contribution in [2.24, 2.45) is 0 Å². The minimum Gasteiger partial charge on any atom is -0.507 e. The molecule has 0 spiro atoms. The molecule has 0 atom stereocenters. The second kappa shape index (κ2) is 5.66. The Morgan fingerprint density at radius 2 is 1.40 bits per heavy atom. The monoisotopic (exact) mass is 335 g/mol. The molecule has 2 N–H and O–H groups in total. The fourth-order valence-corrected chi connectivity index (χ4v) is 3.41. The van der Waals surface area contributed by atoms with Crippen molar-refractivity contribution in [3.8, 4) is 16.9 Å². The number of fused-ring (bicyclic) bond motifs is 1. The van der Waals surface area contributed by atoms with Crippen molar-refractivity contribution in [3.05, 3.63) is 53.2 Å². The Hall–Kier alpha value is -2.22. The Labute approximate surface area is 150 Å². The number of H-pyrrole nitrogens is 1. The van der Waals surface area contributed by atoms with Gasteiger partial charge in [0.25, 0.3) is 0 Å². The predicted octanol–water partition coefficient (Wildman–Crippen LogP) is 6.44. The summed E-state index contributed by atoms with van der Waals surface area (Å²) in [5.41, 5.74) is 6.49. The smallest absolute Gasteiger partial charge is 0.123 e. The molecular formula is C23H29NO. The molecule has 0 fully saturated rings. The van der Waals surface area contributed by atoms with Gasteiger partial charge in [0.1, 0.15) is 5.75 Å². The van der Waals surface area contributed by atoms with Crippen molar-refractivity contribution in [2.45, 2.75) is 59.3 Å². The molecule has 25 heavy (non-hydrogen) atoms. The summed E-state index contributed by atoms with van der Waals surface area (Å²) in [5, 5.41) is 12.1. The van der Waals surface area contributed by atoms with Gasteiger partial charge in [-0.2, -0.15) is 0 Å². The van der Waals surface area contributed by atoms with Crippen LogP contribution >= 0.6 is 0 Å². The lowest BCUT2D eigenvalue weighted by Gasteiger charge is -2.28. The van der Waals surface area contributed by atoms with E-state index < -0.39 is 0 Å². The first kappa shape index (κ1) is 17.6. The average molecular weight is 335 g/mol. The van der Waals surface area contributed by atoms with Gasteiger partial charge in [-0.05, 0) is 47.1 Å². The standard InChI is InChI=1S/C23H29NO/c1-14-8-9-16-17(13-24-20(16)10-14)15-11-18(22(2,3)4)21(25)19(12-15)23(5,6)7/h8-13,24-25H,1-7H3. The van der Waals surface area contributed by atoms with Crippen LogP contribution in [0.4, 0.5) is 0 Å². The molecule has 1 aromatic heterocycles. The summed E-state index contributed by atoms with van der Waals surface area (Å²) in [6.07, 6.45) is 2.08. The maximum Gasteiger partial charge on any atom is 0.123 e. The summed E-state index contributed by atoms with van der Waals surface area (Å²) in [6.45, 7) is 15.0. The van der Waals surface area contributed by atoms with E-state index in [9.17, 15) is 5.11 Å². The predicted molar refractivity (Wildman–Crippen MR) is 108 cm³/mol. The van der Waals surface area contributed by atoms with Crippen LogP contribution in [0.25, 0.3) is 22.0 Å². The third-order valence-corrected chi connectivity index (χ3v) is 4.87. The van der Waals surface area contributed by atoms with E-state index in [1.807, 2.05) is 0 Å². The lowest BCUT2D eigenvalue weighted by atomic mass is 9.78. The molecule has 0 bridgehead atoms. The van der Waals surface area contributed by atoms with Crippen molar-refractivity contribution in [1.29, 1.82) is 0 Å². The van der Waals surface area contributed by atoms with Gasteiger partial charge in [-0.3, -0.25) is 0 Å². The summed E-state index contributed by atoms with van der Waals surface area (Å²) in [4.78, 5) is 3.40. The number of hydrogen-bond acceptors (Lipinski definition) is 1. The number of phenols is 1. The zero-order chi connectivity index (χ0) is 18.6. The quantitative estimate of drug-likeness (QED) is 0.527. The fraction of sp³-hybridized carbons (Fsp3) is 0.391. The number of aromatic amines is 1. The van der Waals surface area contributed by atoms with E-state index >= 15 is 0 Å². The largest absolute Gasteiger partial charge is 0.507 e. The van der Waals surface area contributed by atoms with Crippen LogP contribution in [0.3, 0.4) is 0 Å². The van der Waals surface area contributed by atoms with E-state index in [0.29, 0.717) is 5.75 Å². The second-order valence-corrected chi connectivity index (χ2v) is 9.17. The van der Waals surface area contributed by atoms with Gasteiger partial charge >= 0.3 is 0 Å². The number of phenolic OH excluding ortho intramolecular Hbond substituents is 1. The first-order chi connectivity index (χ1) is 11.5. The van der Waals surface area contributed by atoms with E-state index in [1.54, 1.807) is 0 Å². The van der Waals surface area contributed by atoms with Gasteiger partial charge in [-0.1, -0.05) is 53.7 Å². The van der Waals surface area contributed by atoms with Crippen LogP contribution in [0.15, 0.2) is 36.5 Å². The summed E-state index contributed by atoms with van der Waals surface area (Å²) < 4.78 is 0. The Morgan fingerprint density at radius 1 is 0.840 bits per heavy atom. The van der Waals surface area contributed by atoms with Gasteiger partial charge in [-0.25, -0.2) is 0 Å².